The minimum absolute atomic E-state index is 0.0778. The first-order chi connectivity index (χ1) is 10.4. The van der Waals surface area contributed by atoms with E-state index in [1.165, 1.54) is 18.9 Å². The van der Waals surface area contributed by atoms with Gasteiger partial charge in [0.2, 0.25) is 12.2 Å². The number of aromatic nitrogens is 1. The van der Waals surface area contributed by atoms with Gasteiger partial charge in [0.15, 0.2) is 0 Å². The van der Waals surface area contributed by atoms with Crippen LogP contribution in [-0.2, 0) is 20.8 Å². The Hall–Kier alpha value is -2.19. The van der Waals surface area contributed by atoms with Crippen molar-refractivity contribution in [3.63, 3.8) is 0 Å². The van der Waals surface area contributed by atoms with Crippen LogP contribution in [0.5, 0.6) is 0 Å². The van der Waals surface area contributed by atoms with Crippen LogP contribution in [0.1, 0.15) is 24.5 Å². The molecule has 0 aromatic carbocycles. The molecule has 2 amide bonds. The Morgan fingerprint density at radius 1 is 1.32 bits per heavy atom. The third-order valence-corrected chi connectivity index (χ3v) is 3.42. The molecule has 1 aliphatic rings. The lowest BCUT2D eigenvalue weighted by Gasteiger charge is -2.21. The van der Waals surface area contributed by atoms with Gasteiger partial charge in [0.1, 0.15) is 11.5 Å². The number of ether oxygens (including phenoxy) is 2. The van der Waals surface area contributed by atoms with Crippen molar-refractivity contribution in [2.75, 3.05) is 32.2 Å². The van der Waals surface area contributed by atoms with E-state index in [-0.39, 0.29) is 11.7 Å². The number of hydrogen-bond acceptors (Lipinski definition) is 5. The summed E-state index contributed by atoms with van der Waals surface area (Å²) in [6.45, 7) is 2.72. The van der Waals surface area contributed by atoms with Crippen LogP contribution in [0.15, 0.2) is 12.1 Å². The van der Waals surface area contributed by atoms with Gasteiger partial charge in [-0.05, 0) is 11.6 Å². The van der Waals surface area contributed by atoms with Crippen molar-refractivity contribution in [3.05, 3.63) is 23.4 Å². The second kappa shape index (κ2) is 6.71. The monoisotopic (exact) mass is 309 g/mol. The molecule has 0 bridgehead atoms. The van der Waals surface area contributed by atoms with Gasteiger partial charge >= 0.3 is 6.09 Å². The molecule has 0 radical (unpaired) electrons. The van der Waals surface area contributed by atoms with Gasteiger partial charge in [0.25, 0.3) is 0 Å². The van der Waals surface area contributed by atoms with Crippen LogP contribution in [0.25, 0.3) is 0 Å². The van der Waals surface area contributed by atoms with E-state index < -0.39 is 12.4 Å². The van der Waals surface area contributed by atoms with E-state index in [0.717, 1.165) is 10.5 Å². The number of amides is 2. The fourth-order valence-electron chi connectivity index (χ4n) is 2.00. The molecule has 1 aromatic rings. The Morgan fingerprint density at radius 3 is 2.50 bits per heavy atom. The molecule has 1 aromatic heterocycles. The molecule has 8 nitrogen and oxygen atoms in total. The smallest absolute Gasteiger partial charge is 0.412 e. The molecule has 1 aliphatic heterocycles. The standard InChI is InChI=1S/C14H19N3O5/c1-9(18)16(2)8-10-4-5-11(17(3)14(19)20)15-12(10)13-21-6-7-22-13/h4-5,13H,6-8H2,1-3H3,(H,19,20). The zero-order valence-corrected chi connectivity index (χ0v) is 12.8. The van der Waals surface area contributed by atoms with Crippen molar-refractivity contribution in [2.45, 2.75) is 19.8 Å². The van der Waals surface area contributed by atoms with Crippen molar-refractivity contribution in [3.8, 4) is 0 Å². The quantitative estimate of drug-likeness (QED) is 0.899. The highest BCUT2D eigenvalue weighted by Gasteiger charge is 2.25. The summed E-state index contributed by atoms with van der Waals surface area (Å²) in [5, 5.41) is 9.05. The van der Waals surface area contributed by atoms with Crippen LogP contribution in [0.4, 0.5) is 10.6 Å². The summed E-state index contributed by atoms with van der Waals surface area (Å²) in [4.78, 5) is 29.4. The lowest BCUT2D eigenvalue weighted by atomic mass is 10.1. The van der Waals surface area contributed by atoms with E-state index in [2.05, 4.69) is 4.98 Å². The van der Waals surface area contributed by atoms with E-state index >= 15 is 0 Å². The number of carbonyl (C=O) groups excluding carboxylic acids is 1. The molecule has 0 unspecified atom stereocenters. The van der Waals surface area contributed by atoms with Crippen LogP contribution in [0, 0.1) is 0 Å². The van der Waals surface area contributed by atoms with E-state index in [1.54, 1.807) is 19.2 Å². The molecular formula is C14H19N3O5. The summed E-state index contributed by atoms with van der Waals surface area (Å²) in [5.74, 6) is 0.196. The van der Waals surface area contributed by atoms with Gasteiger partial charge in [-0.15, -0.1) is 0 Å². The highest BCUT2D eigenvalue weighted by Crippen LogP contribution is 2.27. The fourth-order valence-corrected chi connectivity index (χ4v) is 2.00. The summed E-state index contributed by atoms with van der Waals surface area (Å²) < 4.78 is 10.9. The van der Waals surface area contributed by atoms with Crippen molar-refractivity contribution in [1.29, 1.82) is 0 Å². The summed E-state index contributed by atoms with van der Waals surface area (Å²) in [7, 11) is 3.09. The van der Waals surface area contributed by atoms with E-state index in [4.69, 9.17) is 14.6 Å². The Kier molecular flexibility index (Phi) is 4.94. The fraction of sp³-hybridized carbons (Fsp3) is 0.500. The lowest BCUT2D eigenvalue weighted by Crippen LogP contribution is -2.27. The molecule has 2 rings (SSSR count). The Morgan fingerprint density at radius 2 is 1.95 bits per heavy atom. The van der Waals surface area contributed by atoms with E-state index in [1.807, 2.05) is 0 Å². The van der Waals surface area contributed by atoms with Crippen LogP contribution in [-0.4, -0.2) is 54.3 Å². The van der Waals surface area contributed by atoms with E-state index in [9.17, 15) is 9.59 Å². The minimum Gasteiger partial charge on any atom is -0.465 e. The molecule has 0 atom stereocenters. The number of carbonyl (C=O) groups is 2. The zero-order chi connectivity index (χ0) is 16.3. The molecule has 0 saturated carbocycles. The minimum atomic E-state index is -1.11. The normalized spacial score (nSPS) is 14.9. The molecule has 1 N–H and O–H groups in total. The topological polar surface area (TPSA) is 92.2 Å². The van der Waals surface area contributed by atoms with Gasteiger partial charge in [-0.1, -0.05) is 6.07 Å². The van der Waals surface area contributed by atoms with Gasteiger partial charge in [-0.3, -0.25) is 9.69 Å². The van der Waals surface area contributed by atoms with Gasteiger partial charge < -0.3 is 19.5 Å². The average Bonchev–Trinajstić information content (AvgIpc) is 3.00. The van der Waals surface area contributed by atoms with Crippen LogP contribution < -0.4 is 4.90 Å². The molecule has 1 saturated heterocycles. The molecule has 2 heterocycles. The van der Waals surface area contributed by atoms with Crippen LogP contribution in [0.3, 0.4) is 0 Å². The zero-order valence-electron chi connectivity index (χ0n) is 12.8. The first-order valence-corrected chi connectivity index (χ1v) is 6.81. The summed E-state index contributed by atoms with van der Waals surface area (Å²) in [6.07, 6.45) is -1.75. The van der Waals surface area contributed by atoms with Crippen molar-refractivity contribution < 1.29 is 24.2 Å². The molecule has 0 spiro atoms. The maximum Gasteiger partial charge on any atom is 0.412 e. The van der Waals surface area contributed by atoms with Crippen LogP contribution in [0.2, 0.25) is 0 Å². The molecule has 120 valence electrons. The Bertz CT molecular complexity index is 572. The molecular weight excluding hydrogens is 290 g/mol. The summed E-state index contributed by atoms with van der Waals surface area (Å²) in [5.41, 5.74) is 1.25. The molecule has 1 fully saturated rings. The highest BCUT2D eigenvalue weighted by atomic mass is 16.7. The maximum absolute atomic E-state index is 11.4. The average molecular weight is 309 g/mol. The number of nitrogens with zero attached hydrogens (tertiary/aromatic N) is 3. The summed E-state index contributed by atoms with van der Waals surface area (Å²) >= 11 is 0. The largest absolute Gasteiger partial charge is 0.465 e. The molecule has 0 aliphatic carbocycles. The van der Waals surface area contributed by atoms with Gasteiger partial charge in [0.05, 0.1) is 13.2 Å². The first kappa shape index (κ1) is 16.2. The predicted molar refractivity (Wildman–Crippen MR) is 77.5 cm³/mol. The van der Waals surface area contributed by atoms with Crippen molar-refractivity contribution in [2.24, 2.45) is 0 Å². The van der Waals surface area contributed by atoms with Crippen molar-refractivity contribution in [1.82, 2.24) is 9.88 Å². The number of anilines is 1. The maximum atomic E-state index is 11.4. The molecule has 8 heteroatoms. The predicted octanol–water partition coefficient (Wildman–Crippen LogP) is 1.22. The van der Waals surface area contributed by atoms with Crippen LogP contribution >= 0.6 is 0 Å². The van der Waals surface area contributed by atoms with E-state index in [0.29, 0.717) is 25.5 Å². The second-order valence-corrected chi connectivity index (χ2v) is 5.00. The third-order valence-electron chi connectivity index (χ3n) is 3.42. The Labute approximate surface area is 128 Å². The number of pyridine rings is 1. The number of rotatable bonds is 4. The molecule has 22 heavy (non-hydrogen) atoms. The Balaban J connectivity index is 2.35. The number of hydrogen-bond donors (Lipinski definition) is 1. The third kappa shape index (κ3) is 3.52. The first-order valence-electron chi connectivity index (χ1n) is 6.81. The van der Waals surface area contributed by atoms with Gasteiger partial charge in [-0.25, -0.2) is 9.78 Å². The summed E-state index contributed by atoms with van der Waals surface area (Å²) in [6, 6.07) is 3.33. The van der Waals surface area contributed by atoms with Crippen molar-refractivity contribution >= 4 is 17.8 Å². The lowest BCUT2D eigenvalue weighted by molar-refractivity contribution is -0.128. The SMILES string of the molecule is CC(=O)N(C)Cc1ccc(N(C)C(=O)O)nc1C1OCCO1. The number of carboxylic acid groups (broad SMARTS) is 1. The van der Waals surface area contributed by atoms with Gasteiger partial charge in [0, 0.05) is 27.6 Å². The van der Waals surface area contributed by atoms with Gasteiger partial charge in [-0.2, -0.15) is 0 Å². The second-order valence-electron chi connectivity index (χ2n) is 5.00. The highest BCUT2D eigenvalue weighted by molar-refractivity contribution is 5.83.